The highest BCUT2D eigenvalue weighted by Crippen LogP contribution is 2.28. The smallest absolute Gasteiger partial charge is 0.317 e. The number of carbonyl (C=O) groups excluding carboxylic acids is 1. The number of nitrogens with zero attached hydrogens (tertiary/aromatic N) is 3. The van der Waals surface area contributed by atoms with E-state index in [9.17, 15) is 4.79 Å². The van der Waals surface area contributed by atoms with Crippen molar-refractivity contribution in [2.45, 2.75) is 12.5 Å². The van der Waals surface area contributed by atoms with E-state index in [1.165, 1.54) is 0 Å². The fourth-order valence-electron chi connectivity index (χ4n) is 2.98. The first kappa shape index (κ1) is 18.3. The molecule has 144 valence electrons. The molecule has 1 saturated heterocycles. The number of nitrogens with one attached hydrogen (secondary N) is 1. The average molecular weight is 399 g/mol. The standard InChI is InChI=1S/C20H19ClN4O3/c1-27-17-7-5-13(6-8-17)10-22-20(26)25-11-15(12-25)19-23-18(24-28-19)14-3-2-4-16(21)9-14/h2-9,15H,10-12H2,1H3,(H,22,26). The molecule has 3 aromatic rings. The van der Waals surface area contributed by atoms with E-state index in [0.717, 1.165) is 16.9 Å². The first-order valence-corrected chi connectivity index (χ1v) is 9.25. The molecular weight excluding hydrogens is 380 g/mol. The molecule has 0 spiro atoms. The van der Waals surface area contributed by atoms with Crippen molar-refractivity contribution in [3.63, 3.8) is 0 Å². The number of methoxy groups -OCH3 is 1. The SMILES string of the molecule is COc1ccc(CNC(=O)N2CC(c3nc(-c4cccc(Cl)c4)no3)C2)cc1. The summed E-state index contributed by atoms with van der Waals surface area (Å²) in [5, 5.41) is 7.55. The third-order valence-electron chi connectivity index (χ3n) is 4.65. The van der Waals surface area contributed by atoms with E-state index >= 15 is 0 Å². The molecule has 1 aliphatic heterocycles. The molecule has 2 aromatic carbocycles. The van der Waals surface area contributed by atoms with Gasteiger partial charge in [-0.25, -0.2) is 4.79 Å². The minimum absolute atomic E-state index is 0.0483. The lowest BCUT2D eigenvalue weighted by molar-refractivity contribution is 0.136. The summed E-state index contributed by atoms with van der Waals surface area (Å²) >= 11 is 6.00. The van der Waals surface area contributed by atoms with Gasteiger partial charge < -0.3 is 19.5 Å². The summed E-state index contributed by atoms with van der Waals surface area (Å²) in [5.74, 6) is 1.87. The lowest BCUT2D eigenvalue weighted by Crippen LogP contribution is -2.52. The summed E-state index contributed by atoms with van der Waals surface area (Å²) in [6.07, 6.45) is 0. The molecular formula is C20H19ClN4O3. The molecule has 1 fully saturated rings. The molecule has 7 nitrogen and oxygen atoms in total. The molecule has 1 aliphatic rings. The van der Waals surface area contributed by atoms with Gasteiger partial charge in [0.1, 0.15) is 5.75 Å². The number of carbonyl (C=O) groups is 1. The van der Waals surface area contributed by atoms with E-state index in [4.69, 9.17) is 20.9 Å². The summed E-state index contributed by atoms with van der Waals surface area (Å²) in [4.78, 5) is 18.4. The second kappa shape index (κ2) is 7.90. The molecule has 0 bridgehead atoms. The molecule has 2 amide bonds. The van der Waals surface area contributed by atoms with Crippen molar-refractivity contribution in [1.29, 1.82) is 0 Å². The van der Waals surface area contributed by atoms with Crippen molar-refractivity contribution in [2.75, 3.05) is 20.2 Å². The van der Waals surface area contributed by atoms with E-state index in [1.54, 1.807) is 24.1 Å². The molecule has 0 radical (unpaired) electrons. The first-order valence-electron chi connectivity index (χ1n) is 8.87. The third kappa shape index (κ3) is 3.94. The van der Waals surface area contributed by atoms with Crippen LogP contribution in [0.1, 0.15) is 17.4 Å². The van der Waals surface area contributed by atoms with Gasteiger partial charge in [-0.1, -0.05) is 41.0 Å². The Morgan fingerprint density at radius 3 is 2.79 bits per heavy atom. The Morgan fingerprint density at radius 1 is 1.29 bits per heavy atom. The molecule has 4 rings (SSSR count). The molecule has 2 heterocycles. The van der Waals surface area contributed by atoms with Crippen LogP contribution in [0.3, 0.4) is 0 Å². The van der Waals surface area contributed by atoms with Crippen LogP contribution < -0.4 is 10.1 Å². The lowest BCUT2D eigenvalue weighted by atomic mass is 10.0. The molecule has 8 heteroatoms. The Kier molecular flexibility index (Phi) is 5.16. The van der Waals surface area contributed by atoms with Gasteiger partial charge in [-0.3, -0.25) is 0 Å². The van der Waals surface area contributed by atoms with Crippen LogP contribution in [0.4, 0.5) is 4.79 Å². The maximum Gasteiger partial charge on any atom is 0.317 e. The van der Waals surface area contributed by atoms with E-state index in [0.29, 0.717) is 36.4 Å². The Hall–Kier alpha value is -3.06. The summed E-state index contributed by atoms with van der Waals surface area (Å²) < 4.78 is 10.5. The van der Waals surface area contributed by atoms with Gasteiger partial charge in [0.2, 0.25) is 11.7 Å². The molecule has 0 aliphatic carbocycles. The van der Waals surface area contributed by atoms with Crippen LogP contribution >= 0.6 is 11.6 Å². The van der Waals surface area contributed by atoms with Crippen LogP contribution in [0, 0.1) is 0 Å². The number of benzene rings is 2. The van der Waals surface area contributed by atoms with Gasteiger partial charge in [-0.2, -0.15) is 4.98 Å². The second-order valence-electron chi connectivity index (χ2n) is 6.58. The van der Waals surface area contributed by atoms with Crippen molar-refractivity contribution in [1.82, 2.24) is 20.4 Å². The van der Waals surface area contributed by atoms with Crippen LogP contribution in [-0.2, 0) is 6.54 Å². The van der Waals surface area contributed by atoms with Crippen LogP contribution in [0.5, 0.6) is 5.75 Å². The topological polar surface area (TPSA) is 80.5 Å². The van der Waals surface area contributed by atoms with Crippen LogP contribution in [0.15, 0.2) is 53.1 Å². The third-order valence-corrected chi connectivity index (χ3v) is 4.88. The second-order valence-corrected chi connectivity index (χ2v) is 7.01. The van der Waals surface area contributed by atoms with Gasteiger partial charge in [0, 0.05) is 30.2 Å². The average Bonchev–Trinajstić information content (AvgIpc) is 3.15. The number of halogens is 1. The highest BCUT2D eigenvalue weighted by molar-refractivity contribution is 6.30. The zero-order valence-corrected chi connectivity index (χ0v) is 16.0. The van der Waals surface area contributed by atoms with Gasteiger partial charge in [-0.15, -0.1) is 0 Å². The van der Waals surface area contributed by atoms with Crippen LogP contribution in [-0.4, -0.2) is 41.3 Å². The Bertz CT molecular complexity index is 968. The fourth-order valence-corrected chi connectivity index (χ4v) is 3.17. The van der Waals surface area contributed by atoms with Gasteiger partial charge in [-0.05, 0) is 29.8 Å². The van der Waals surface area contributed by atoms with E-state index < -0.39 is 0 Å². The Labute approximate surface area is 167 Å². The normalized spacial score (nSPS) is 13.9. The van der Waals surface area contributed by atoms with Crippen molar-refractivity contribution in [2.24, 2.45) is 0 Å². The number of aromatic nitrogens is 2. The number of likely N-dealkylation sites (tertiary alicyclic amines) is 1. The predicted molar refractivity (Wildman–Crippen MR) is 104 cm³/mol. The van der Waals surface area contributed by atoms with E-state index in [-0.39, 0.29) is 11.9 Å². The molecule has 28 heavy (non-hydrogen) atoms. The number of hydrogen-bond acceptors (Lipinski definition) is 5. The fraction of sp³-hybridized carbons (Fsp3) is 0.250. The maximum absolute atomic E-state index is 12.3. The highest BCUT2D eigenvalue weighted by atomic mass is 35.5. The Morgan fingerprint density at radius 2 is 2.07 bits per heavy atom. The van der Waals surface area contributed by atoms with E-state index in [1.807, 2.05) is 36.4 Å². The number of urea groups is 1. The largest absolute Gasteiger partial charge is 0.497 e. The first-order chi connectivity index (χ1) is 13.6. The van der Waals surface area contributed by atoms with Crippen LogP contribution in [0.25, 0.3) is 11.4 Å². The number of ether oxygens (including phenoxy) is 1. The highest BCUT2D eigenvalue weighted by Gasteiger charge is 2.35. The molecule has 1 N–H and O–H groups in total. The van der Waals surface area contributed by atoms with Crippen molar-refractivity contribution < 1.29 is 14.1 Å². The summed E-state index contributed by atoms with van der Waals surface area (Å²) in [6, 6.07) is 14.8. The van der Waals surface area contributed by atoms with Gasteiger partial charge in [0.25, 0.3) is 0 Å². The van der Waals surface area contributed by atoms with Gasteiger partial charge >= 0.3 is 6.03 Å². The number of amides is 2. The van der Waals surface area contributed by atoms with Gasteiger partial charge in [0.15, 0.2) is 0 Å². The zero-order valence-electron chi connectivity index (χ0n) is 15.3. The van der Waals surface area contributed by atoms with Gasteiger partial charge in [0.05, 0.1) is 13.0 Å². The molecule has 0 atom stereocenters. The number of rotatable bonds is 5. The monoisotopic (exact) mass is 398 g/mol. The minimum atomic E-state index is -0.110. The van der Waals surface area contributed by atoms with Crippen molar-refractivity contribution >= 4 is 17.6 Å². The molecule has 0 unspecified atom stereocenters. The van der Waals surface area contributed by atoms with Crippen LogP contribution in [0.2, 0.25) is 5.02 Å². The lowest BCUT2D eigenvalue weighted by Gasteiger charge is -2.36. The van der Waals surface area contributed by atoms with E-state index in [2.05, 4.69) is 15.5 Å². The summed E-state index contributed by atoms with van der Waals surface area (Å²) in [7, 11) is 1.62. The van der Waals surface area contributed by atoms with Crippen molar-refractivity contribution in [3.8, 4) is 17.1 Å². The summed E-state index contributed by atoms with van der Waals surface area (Å²) in [6.45, 7) is 1.56. The molecule has 0 saturated carbocycles. The summed E-state index contributed by atoms with van der Waals surface area (Å²) in [5.41, 5.74) is 1.81. The zero-order chi connectivity index (χ0) is 19.5. The maximum atomic E-state index is 12.3. The quantitative estimate of drug-likeness (QED) is 0.708. The predicted octanol–water partition coefficient (Wildman–Crippen LogP) is 3.71. The Balaban J connectivity index is 1.28. The number of hydrogen-bond donors (Lipinski definition) is 1. The minimum Gasteiger partial charge on any atom is -0.497 e. The molecule has 1 aromatic heterocycles. The van der Waals surface area contributed by atoms with Crippen molar-refractivity contribution in [3.05, 3.63) is 65.0 Å².